The van der Waals surface area contributed by atoms with Crippen LogP contribution < -0.4 is 29.6 Å². The van der Waals surface area contributed by atoms with Gasteiger partial charge in [-0.1, -0.05) is 64.7 Å². The van der Waals surface area contributed by atoms with Crippen molar-refractivity contribution >= 4 is 16.5 Å². The van der Waals surface area contributed by atoms with Gasteiger partial charge in [-0.2, -0.15) is 0 Å². The Morgan fingerprint density at radius 2 is 1.46 bits per heavy atom. The normalized spacial score (nSPS) is 12.5. The zero-order valence-electron chi connectivity index (χ0n) is 15.2. The second-order valence-electron chi connectivity index (χ2n) is 5.76. The second kappa shape index (κ2) is 15.4. The SMILES string of the molecule is CCCCCCCCCCCCN(C(=O)O)C(C)OS(=O)(=O)[O-].[Na+]. The average molecular weight is 375 g/mol. The fourth-order valence-corrected chi connectivity index (χ4v) is 2.87. The number of amides is 1. The zero-order valence-corrected chi connectivity index (χ0v) is 18.0. The number of rotatable bonds is 14. The molecule has 0 bridgehead atoms. The quantitative estimate of drug-likeness (QED) is 0.158. The fraction of sp³-hybridized carbons (Fsp3) is 0.933. The Morgan fingerprint density at radius 1 is 1.04 bits per heavy atom. The van der Waals surface area contributed by atoms with Crippen LogP contribution in [-0.2, 0) is 14.6 Å². The molecule has 1 N–H and O–H groups in total. The molecule has 0 saturated heterocycles. The third kappa shape index (κ3) is 15.7. The Kier molecular flexibility index (Phi) is 16.9. The monoisotopic (exact) mass is 375 g/mol. The number of carbonyl (C=O) groups is 1. The van der Waals surface area contributed by atoms with Gasteiger partial charge in [-0.05, 0) is 13.3 Å². The maximum absolute atomic E-state index is 11.1. The first-order chi connectivity index (χ1) is 10.8. The standard InChI is InChI=1S/C15H31NO6S.Na/c1-3-4-5-6-7-8-9-10-11-12-13-16(15(17)18)14(2)22-23(19,20)21;/h14H,3-13H2,1-2H3,(H,17,18)(H,19,20,21);/q;+1/p-1. The molecule has 0 aromatic heterocycles. The number of unbranched alkanes of at least 4 members (excludes halogenated alkanes) is 9. The van der Waals surface area contributed by atoms with Crippen LogP contribution in [0.3, 0.4) is 0 Å². The molecule has 1 unspecified atom stereocenters. The van der Waals surface area contributed by atoms with Crippen LogP contribution in [-0.4, -0.2) is 41.8 Å². The van der Waals surface area contributed by atoms with Crippen LogP contribution in [0.25, 0.3) is 0 Å². The largest absolute Gasteiger partial charge is 1.00 e. The van der Waals surface area contributed by atoms with Crippen molar-refractivity contribution in [1.29, 1.82) is 0 Å². The molecule has 9 heteroatoms. The summed E-state index contributed by atoms with van der Waals surface area (Å²) in [7, 11) is -4.91. The van der Waals surface area contributed by atoms with Crippen molar-refractivity contribution in [2.45, 2.75) is 84.3 Å². The van der Waals surface area contributed by atoms with Gasteiger partial charge < -0.3 is 9.66 Å². The van der Waals surface area contributed by atoms with E-state index >= 15 is 0 Å². The molecule has 0 fully saturated rings. The number of carboxylic acid groups (broad SMARTS) is 1. The van der Waals surface area contributed by atoms with Crippen molar-refractivity contribution in [2.24, 2.45) is 0 Å². The maximum Gasteiger partial charge on any atom is 1.00 e. The van der Waals surface area contributed by atoms with Crippen LogP contribution in [0.1, 0.15) is 78.1 Å². The summed E-state index contributed by atoms with van der Waals surface area (Å²) in [6, 6.07) is 0. The van der Waals surface area contributed by atoms with E-state index in [0.29, 0.717) is 6.42 Å². The minimum absolute atomic E-state index is 0. The molecule has 0 aliphatic rings. The first-order valence-electron chi connectivity index (χ1n) is 8.41. The topological polar surface area (TPSA) is 107 Å². The van der Waals surface area contributed by atoms with Crippen LogP contribution in [0, 0.1) is 0 Å². The number of nitrogens with zero attached hydrogens (tertiary/aromatic N) is 1. The van der Waals surface area contributed by atoms with E-state index in [0.717, 1.165) is 24.2 Å². The zero-order chi connectivity index (χ0) is 17.7. The third-order valence-corrected chi connectivity index (χ3v) is 4.21. The van der Waals surface area contributed by atoms with E-state index in [-0.39, 0.29) is 36.1 Å². The van der Waals surface area contributed by atoms with Gasteiger partial charge in [-0.15, -0.1) is 0 Å². The van der Waals surface area contributed by atoms with E-state index in [1.54, 1.807) is 0 Å². The molecule has 24 heavy (non-hydrogen) atoms. The molecule has 0 heterocycles. The van der Waals surface area contributed by atoms with Gasteiger partial charge in [0.15, 0.2) is 0 Å². The van der Waals surface area contributed by atoms with Crippen molar-refractivity contribution in [3.05, 3.63) is 0 Å². The predicted molar refractivity (Wildman–Crippen MR) is 86.8 cm³/mol. The van der Waals surface area contributed by atoms with Crippen molar-refractivity contribution in [3.8, 4) is 0 Å². The molecule has 7 nitrogen and oxygen atoms in total. The van der Waals surface area contributed by atoms with Gasteiger partial charge in [0, 0.05) is 6.54 Å². The molecule has 138 valence electrons. The molecule has 0 spiro atoms. The summed E-state index contributed by atoms with van der Waals surface area (Å²) < 4.78 is 35.7. The Balaban J connectivity index is 0. The summed E-state index contributed by atoms with van der Waals surface area (Å²) in [5.74, 6) is 0. The van der Waals surface area contributed by atoms with Crippen LogP contribution in [0.4, 0.5) is 4.79 Å². The van der Waals surface area contributed by atoms with Crippen molar-refractivity contribution in [2.75, 3.05) is 6.54 Å². The van der Waals surface area contributed by atoms with E-state index in [1.165, 1.54) is 45.4 Å². The van der Waals surface area contributed by atoms with Gasteiger partial charge in [0.25, 0.3) is 0 Å². The minimum Gasteiger partial charge on any atom is -0.725 e. The molecule has 1 atom stereocenters. The van der Waals surface area contributed by atoms with E-state index in [1.807, 2.05) is 0 Å². The van der Waals surface area contributed by atoms with Crippen molar-refractivity contribution in [1.82, 2.24) is 4.90 Å². The summed E-state index contributed by atoms with van der Waals surface area (Å²) in [6.45, 7) is 3.58. The Bertz CT molecular complexity index is 418. The third-order valence-electron chi connectivity index (χ3n) is 3.69. The van der Waals surface area contributed by atoms with Crippen LogP contribution in [0.15, 0.2) is 0 Å². The van der Waals surface area contributed by atoms with Crippen molar-refractivity contribution in [3.63, 3.8) is 0 Å². The van der Waals surface area contributed by atoms with Gasteiger partial charge in [-0.3, -0.25) is 9.08 Å². The van der Waals surface area contributed by atoms with E-state index in [4.69, 9.17) is 5.11 Å². The first-order valence-corrected chi connectivity index (χ1v) is 9.75. The van der Waals surface area contributed by atoms with Gasteiger partial charge in [-0.25, -0.2) is 13.2 Å². The first kappa shape index (κ1) is 26.4. The summed E-state index contributed by atoms with van der Waals surface area (Å²) in [5, 5.41) is 9.03. The van der Waals surface area contributed by atoms with Crippen LogP contribution in [0.2, 0.25) is 0 Å². The van der Waals surface area contributed by atoms with Crippen molar-refractivity contribution < 1.29 is 56.6 Å². The average Bonchev–Trinajstić information content (AvgIpc) is 2.42. The van der Waals surface area contributed by atoms with Gasteiger partial charge in [0.05, 0.1) is 0 Å². The molecule has 0 aliphatic heterocycles. The molecular formula is C15H30NNaO6S. The summed E-state index contributed by atoms with van der Waals surface area (Å²) in [5.41, 5.74) is 0. The van der Waals surface area contributed by atoms with Crippen LogP contribution in [0.5, 0.6) is 0 Å². The molecule has 0 aliphatic carbocycles. The van der Waals surface area contributed by atoms with E-state index < -0.39 is 22.7 Å². The Morgan fingerprint density at radius 3 is 1.83 bits per heavy atom. The maximum atomic E-state index is 11.1. The molecular weight excluding hydrogens is 345 g/mol. The second-order valence-corrected chi connectivity index (χ2v) is 6.77. The summed E-state index contributed by atoms with van der Waals surface area (Å²) >= 11 is 0. The molecule has 0 aromatic rings. The predicted octanol–water partition coefficient (Wildman–Crippen LogP) is 0.714. The minimum atomic E-state index is -4.91. The number of hydrogen-bond donors (Lipinski definition) is 1. The number of hydrogen-bond acceptors (Lipinski definition) is 5. The summed E-state index contributed by atoms with van der Waals surface area (Å²) in [4.78, 5) is 11.9. The Labute approximate surface area is 168 Å². The smallest absolute Gasteiger partial charge is 0.725 e. The molecule has 0 radical (unpaired) electrons. The molecule has 0 aromatic carbocycles. The van der Waals surface area contributed by atoms with E-state index in [2.05, 4.69) is 11.1 Å². The van der Waals surface area contributed by atoms with E-state index in [9.17, 15) is 17.8 Å². The van der Waals surface area contributed by atoms with Crippen LogP contribution >= 0.6 is 0 Å². The summed E-state index contributed by atoms with van der Waals surface area (Å²) in [6.07, 6.45) is 8.60. The van der Waals surface area contributed by atoms with Gasteiger partial charge >= 0.3 is 35.7 Å². The van der Waals surface area contributed by atoms with Gasteiger partial charge in [0.2, 0.25) is 10.4 Å². The fourth-order valence-electron chi connectivity index (χ4n) is 2.43. The Hall–Kier alpha value is 0.140. The molecule has 0 rings (SSSR count). The molecule has 1 amide bonds. The van der Waals surface area contributed by atoms with Gasteiger partial charge in [0.1, 0.15) is 6.23 Å². The molecule has 0 saturated carbocycles.